The number of nitrogens with zero attached hydrogens (tertiary/aromatic N) is 3. The molecule has 0 aliphatic carbocycles. The van der Waals surface area contributed by atoms with Gasteiger partial charge in [-0.1, -0.05) is 103 Å². The molecular weight excluding hydrogens is 1160 g/mol. The molecule has 0 aromatic rings. The molecule has 15 N–H and O–H groups in total. The summed E-state index contributed by atoms with van der Waals surface area (Å²) >= 11 is 0. The number of primary amides is 1. The number of allylic oxidation sites excluding steroid dienone is 1. The Bertz CT molecular complexity index is 2200. The average molecular weight is 1270 g/mol. The molecule has 29 nitrogen and oxygen atoms in total. The number of aliphatic carboxylic acids is 1. The second kappa shape index (κ2) is 47.8. The summed E-state index contributed by atoms with van der Waals surface area (Å²) in [6.45, 7) is 1.81. The zero-order chi connectivity index (χ0) is 65.8. The van der Waals surface area contributed by atoms with Gasteiger partial charge in [0.25, 0.3) is 0 Å². The van der Waals surface area contributed by atoms with E-state index >= 15 is 0 Å². The Hall–Kier alpha value is -6.05. The van der Waals surface area contributed by atoms with Crippen molar-refractivity contribution in [3.63, 3.8) is 0 Å². The number of rotatable bonds is 53. The predicted molar refractivity (Wildman–Crippen MR) is 328 cm³/mol. The van der Waals surface area contributed by atoms with Gasteiger partial charge in [0.15, 0.2) is 5.78 Å². The fourth-order valence-corrected chi connectivity index (χ4v) is 9.79. The number of piperazine rings is 1. The molecule has 2 rings (SSSR count). The van der Waals surface area contributed by atoms with Crippen molar-refractivity contribution in [1.82, 2.24) is 47.0 Å². The van der Waals surface area contributed by atoms with E-state index in [1.54, 1.807) is 12.3 Å². The zero-order valence-electron chi connectivity index (χ0n) is 52.4. The molecule has 0 aromatic heterocycles. The van der Waals surface area contributed by atoms with E-state index in [2.05, 4.69) is 42.2 Å². The second-order valence-electron chi connectivity index (χ2n) is 22.8. The third kappa shape index (κ3) is 37.0. The van der Waals surface area contributed by atoms with Crippen molar-refractivity contribution in [3.05, 3.63) is 11.8 Å². The van der Waals surface area contributed by atoms with E-state index in [1.807, 2.05) is 11.8 Å². The molecule has 0 aromatic carbocycles. The van der Waals surface area contributed by atoms with Crippen LogP contribution in [-0.4, -0.2) is 246 Å². The van der Waals surface area contributed by atoms with Crippen molar-refractivity contribution in [2.75, 3.05) is 91.9 Å². The highest BCUT2D eigenvalue weighted by Gasteiger charge is 2.35. The number of unbranched alkanes of at least 4 members (excludes halogenated alkanes) is 14. The summed E-state index contributed by atoms with van der Waals surface area (Å²) in [6, 6.07) is -4.98. The van der Waals surface area contributed by atoms with Gasteiger partial charge in [0.05, 0.1) is 51.7 Å². The average Bonchev–Trinajstić information content (AvgIpc) is 3.59. The summed E-state index contributed by atoms with van der Waals surface area (Å²) in [6.07, 6.45) is 13.6. The number of nitrogens with one attached hydrogen (secondary N) is 7. The molecule has 2 aliphatic heterocycles. The van der Waals surface area contributed by atoms with Crippen LogP contribution < -0.4 is 43.0 Å². The summed E-state index contributed by atoms with van der Waals surface area (Å²) in [4.78, 5) is 136. The van der Waals surface area contributed by atoms with Crippen molar-refractivity contribution >= 4 is 65.2 Å². The number of carboxylic acids is 1. The molecule has 8 amide bonds. The maximum absolute atomic E-state index is 14.2. The summed E-state index contributed by atoms with van der Waals surface area (Å²) in [5.41, 5.74) is 5.96. The number of ether oxygens (including phenoxy) is 2. The Morgan fingerprint density at radius 2 is 1.18 bits per heavy atom. The van der Waals surface area contributed by atoms with E-state index in [0.717, 1.165) is 57.8 Å². The third-order valence-corrected chi connectivity index (χ3v) is 15.1. The standard InChI is InChI=1S/C60H105N11O18/c1-3-4-21-44(42(2)73)66-53(79)39-70-28-30-71(31-29-70)60(87)46(35-43-20-19-26-63-43)69-58(85)45(24-25-50(61)76)68-59(86)47(36-62-37-48(74)56(83)57(84)49(75)40-72)67-52(78)38-65-54(80)41-89-34-33-88-32-27-64-51(77)22-17-15-13-11-9-7-5-6-8-10-12-14-16-18-23-55(81)82/h20,26,44-49,56-57,62,72,74-75,83-84H,3-19,21-25,27-41H2,1-2H3,(H2,61,76)(H,64,77)(H,65,80)(H,66,79)(H,67,78)(H,68,86)(H,69,85)(H,81,82)/t44-,45-,46-,47-,48-,49+,56+,57+/m0/s1. The Balaban J connectivity index is 1.92. The molecule has 8 atom stereocenters. The minimum absolute atomic E-state index is 0.00173. The van der Waals surface area contributed by atoms with Gasteiger partial charge in [0, 0.05) is 89.8 Å². The number of Topliss-reactive ketones (excluding diaryl/α,β-unsaturated/α-hetero) is 1. The maximum atomic E-state index is 14.2. The van der Waals surface area contributed by atoms with Crippen LogP contribution in [0.3, 0.4) is 0 Å². The predicted octanol–water partition coefficient (Wildman–Crippen LogP) is -1.52. The van der Waals surface area contributed by atoms with E-state index in [4.69, 9.17) is 20.3 Å². The SMILES string of the molecule is CCCC[C@H](NC(=O)CN1CCN(C(=O)[C@H](CC2=CCC=N2)NC(=O)[C@H](CCC(N)=O)NC(=O)[C@H](CNC[C@H](O)[C@@H](O)[C@H](O)[C@H](O)CO)NC(=O)CNC(=O)COCCOCCNC(=O)CCCCCCCCCCCCCCCCC(=O)O)CC1)C(C)=O. The molecule has 89 heavy (non-hydrogen) atoms. The smallest absolute Gasteiger partial charge is 0.303 e. The molecule has 0 spiro atoms. The number of ketones is 1. The first-order chi connectivity index (χ1) is 42.6. The van der Waals surface area contributed by atoms with E-state index in [-0.39, 0.29) is 76.3 Å². The van der Waals surface area contributed by atoms with Crippen LogP contribution in [0.4, 0.5) is 0 Å². The van der Waals surface area contributed by atoms with Crippen molar-refractivity contribution < 1.29 is 88.1 Å². The fourth-order valence-electron chi connectivity index (χ4n) is 9.79. The lowest BCUT2D eigenvalue weighted by Gasteiger charge is -2.36. The number of aliphatic hydroxyl groups is 5. The number of aliphatic imine (C=N–C) groups is 1. The van der Waals surface area contributed by atoms with E-state index < -0.39 is 129 Å². The number of amides is 8. The van der Waals surface area contributed by atoms with Gasteiger partial charge in [-0.15, -0.1) is 0 Å². The number of aliphatic hydroxyl groups excluding tert-OH is 5. The monoisotopic (exact) mass is 1270 g/mol. The van der Waals surface area contributed by atoms with E-state index in [9.17, 15) is 73.5 Å². The van der Waals surface area contributed by atoms with Crippen molar-refractivity contribution in [2.24, 2.45) is 10.7 Å². The van der Waals surface area contributed by atoms with Gasteiger partial charge in [-0.2, -0.15) is 0 Å². The van der Waals surface area contributed by atoms with Gasteiger partial charge in [-0.05, 0) is 32.6 Å². The van der Waals surface area contributed by atoms with Gasteiger partial charge >= 0.3 is 5.97 Å². The lowest BCUT2D eigenvalue weighted by Crippen LogP contribution is -2.60. The van der Waals surface area contributed by atoms with Crippen LogP contribution >= 0.6 is 0 Å². The topological polar surface area (TPSA) is 440 Å². The van der Waals surface area contributed by atoms with Crippen LogP contribution in [0.15, 0.2) is 16.8 Å². The lowest BCUT2D eigenvalue weighted by molar-refractivity contribution is -0.139. The number of carbonyl (C=O) groups excluding carboxylic acids is 9. The first kappa shape index (κ1) is 79.0. The van der Waals surface area contributed by atoms with Crippen molar-refractivity contribution in [2.45, 2.75) is 210 Å². The Morgan fingerprint density at radius 3 is 1.75 bits per heavy atom. The molecule has 2 aliphatic rings. The number of hydrogen-bond donors (Lipinski definition) is 14. The summed E-state index contributed by atoms with van der Waals surface area (Å²) in [7, 11) is 0. The highest BCUT2D eigenvalue weighted by atomic mass is 16.5. The highest BCUT2D eigenvalue weighted by Crippen LogP contribution is 2.18. The second-order valence-corrected chi connectivity index (χ2v) is 22.8. The fraction of sp³-hybridized carbons (Fsp3) is 0.783. The molecule has 0 bridgehead atoms. The van der Waals surface area contributed by atoms with E-state index in [1.165, 1.54) is 56.8 Å². The minimum atomic E-state index is -1.98. The lowest BCUT2D eigenvalue weighted by atomic mass is 10.0. The molecule has 508 valence electrons. The largest absolute Gasteiger partial charge is 0.481 e. The van der Waals surface area contributed by atoms with Gasteiger partial charge < -0.3 is 88.0 Å². The van der Waals surface area contributed by atoms with Crippen LogP contribution in [0.25, 0.3) is 0 Å². The number of nitrogens with two attached hydrogens (primary N) is 1. The van der Waals surface area contributed by atoms with Crippen molar-refractivity contribution in [1.29, 1.82) is 0 Å². The van der Waals surface area contributed by atoms with E-state index in [0.29, 0.717) is 44.6 Å². The van der Waals surface area contributed by atoms with Crippen LogP contribution in [0.1, 0.15) is 162 Å². The molecule has 29 heteroatoms. The van der Waals surface area contributed by atoms with Gasteiger partial charge in [0.2, 0.25) is 47.3 Å². The normalized spacial score (nSPS) is 15.9. The minimum Gasteiger partial charge on any atom is -0.481 e. The van der Waals surface area contributed by atoms with Gasteiger partial charge in [0.1, 0.15) is 43.0 Å². The molecule has 0 radical (unpaired) electrons. The number of hydrogen-bond acceptors (Lipinski definition) is 20. The first-order valence-corrected chi connectivity index (χ1v) is 31.8. The molecular formula is C60H105N11O18. The Kier molecular flexibility index (Phi) is 42.5. The van der Waals surface area contributed by atoms with Gasteiger partial charge in [-0.3, -0.25) is 57.8 Å². The molecule has 1 fully saturated rings. The third-order valence-electron chi connectivity index (χ3n) is 15.1. The molecule has 2 heterocycles. The highest BCUT2D eigenvalue weighted by molar-refractivity contribution is 5.95. The maximum Gasteiger partial charge on any atom is 0.303 e. The number of carbonyl (C=O) groups is 10. The Labute approximate surface area is 523 Å². The summed E-state index contributed by atoms with van der Waals surface area (Å²) in [5, 5.41) is 76.9. The molecule has 1 saturated heterocycles. The first-order valence-electron chi connectivity index (χ1n) is 31.8. The molecule has 0 saturated carbocycles. The quantitative estimate of drug-likeness (QED) is 0.0308. The Morgan fingerprint density at radius 1 is 0.607 bits per heavy atom. The molecule has 0 unspecified atom stereocenters. The van der Waals surface area contributed by atoms with Crippen molar-refractivity contribution in [3.8, 4) is 0 Å². The van der Waals surface area contributed by atoms with Crippen LogP contribution in [-0.2, 0) is 57.4 Å². The number of carboxylic acid groups (broad SMARTS) is 1. The van der Waals surface area contributed by atoms with Crippen LogP contribution in [0.5, 0.6) is 0 Å². The summed E-state index contributed by atoms with van der Waals surface area (Å²) < 4.78 is 10.8. The summed E-state index contributed by atoms with van der Waals surface area (Å²) in [5.74, 6) is -6.15. The van der Waals surface area contributed by atoms with Crippen LogP contribution in [0.2, 0.25) is 0 Å². The van der Waals surface area contributed by atoms with Gasteiger partial charge in [-0.25, -0.2) is 0 Å². The zero-order valence-corrected chi connectivity index (χ0v) is 52.4. The van der Waals surface area contributed by atoms with Crippen LogP contribution in [0, 0.1) is 0 Å².